The van der Waals surface area contributed by atoms with Crippen LogP contribution in [0.15, 0.2) is 35.3 Å². The molecule has 0 aliphatic heterocycles. The predicted molar refractivity (Wildman–Crippen MR) is 102 cm³/mol. The van der Waals surface area contributed by atoms with Gasteiger partial charge in [-0.15, -0.1) is 0 Å². The summed E-state index contributed by atoms with van der Waals surface area (Å²) in [6.45, 7) is -0.173. The summed E-state index contributed by atoms with van der Waals surface area (Å²) in [5, 5.41) is 9.04. The molecule has 3 N–H and O–H groups in total. The van der Waals surface area contributed by atoms with Crippen molar-refractivity contribution >= 4 is 34.0 Å². The first-order chi connectivity index (χ1) is 12.6. The van der Waals surface area contributed by atoms with E-state index in [1.807, 2.05) is 12.1 Å². The summed E-state index contributed by atoms with van der Waals surface area (Å²) in [5.74, 6) is 1.13. The molecule has 2 aromatic rings. The molecule has 1 aromatic carbocycles. The third-order valence-corrected chi connectivity index (χ3v) is 5.65. The van der Waals surface area contributed by atoms with Gasteiger partial charge in [0.25, 0.3) is 11.5 Å². The van der Waals surface area contributed by atoms with E-state index in [4.69, 9.17) is 12.2 Å². The number of nitrogens with one attached hydrogen (secondary N) is 3. The summed E-state index contributed by atoms with van der Waals surface area (Å²) in [5.41, 5.74) is 4.96. The molecule has 1 heterocycles. The fourth-order valence-electron chi connectivity index (χ4n) is 4.17. The van der Waals surface area contributed by atoms with Crippen molar-refractivity contribution in [3.8, 4) is 0 Å². The Morgan fingerprint density at radius 1 is 1.23 bits per heavy atom. The van der Waals surface area contributed by atoms with Gasteiger partial charge in [0.05, 0.1) is 11.6 Å². The quantitative estimate of drug-likeness (QED) is 0.553. The molecule has 8 heteroatoms. The lowest BCUT2D eigenvalue weighted by molar-refractivity contribution is -0.122. The Morgan fingerprint density at radius 2 is 2.08 bits per heavy atom. The number of benzene rings is 1. The maximum Gasteiger partial charge on any atom is 0.275 e. The maximum absolute atomic E-state index is 12.4. The number of hydrazine groups is 1. The van der Waals surface area contributed by atoms with Crippen LogP contribution in [-0.2, 0) is 11.3 Å². The summed E-state index contributed by atoms with van der Waals surface area (Å²) in [4.78, 5) is 24.5. The molecule has 7 nitrogen and oxygen atoms in total. The molecule has 4 rings (SSSR count). The summed E-state index contributed by atoms with van der Waals surface area (Å²) in [6.07, 6.45) is 6.60. The first kappa shape index (κ1) is 17.0. The molecule has 2 saturated carbocycles. The molecule has 0 spiro atoms. The normalized spacial score (nSPS) is 23.8. The summed E-state index contributed by atoms with van der Waals surface area (Å²) in [6, 6.07) is 7.57. The number of hydrogen-bond donors (Lipinski definition) is 3. The highest BCUT2D eigenvalue weighted by Gasteiger charge is 2.39. The van der Waals surface area contributed by atoms with Crippen LogP contribution in [0.4, 0.5) is 0 Å². The zero-order valence-corrected chi connectivity index (χ0v) is 15.1. The highest BCUT2D eigenvalue weighted by Crippen LogP contribution is 2.44. The fraction of sp³-hybridized carbons (Fsp3) is 0.444. The second-order valence-electron chi connectivity index (χ2n) is 7.12. The van der Waals surface area contributed by atoms with Crippen LogP contribution >= 0.6 is 12.2 Å². The standard InChI is InChI=1S/C18H21N5O2S/c24-16(10-23-17(25)14-4-2-1-3-13(14)9-19-23)21-22-18(26)20-15-8-11-5-6-12(15)7-11/h1-4,9,11-12,15H,5-8,10H2,(H,21,24)(H2,20,22,26)/t11-,12+,15-/m0/s1. The molecular formula is C18H21N5O2S. The Hall–Kier alpha value is -2.48. The van der Waals surface area contributed by atoms with Crippen LogP contribution < -0.4 is 21.7 Å². The zero-order chi connectivity index (χ0) is 18.1. The van der Waals surface area contributed by atoms with Crippen molar-refractivity contribution in [3.05, 3.63) is 40.8 Å². The van der Waals surface area contributed by atoms with Gasteiger partial charge in [0.15, 0.2) is 5.11 Å². The van der Waals surface area contributed by atoms with Crippen molar-refractivity contribution in [3.63, 3.8) is 0 Å². The van der Waals surface area contributed by atoms with Crippen molar-refractivity contribution in [1.29, 1.82) is 0 Å². The first-order valence-electron chi connectivity index (χ1n) is 8.90. The third-order valence-electron chi connectivity index (χ3n) is 5.43. The average Bonchev–Trinajstić information content (AvgIpc) is 3.26. The van der Waals surface area contributed by atoms with E-state index in [9.17, 15) is 9.59 Å². The minimum Gasteiger partial charge on any atom is -0.358 e. The van der Waals surface area contributed by atoms with Crippen molar-refractivity contribution in [2.24, 2.45) is 11.8 Å². The highest BCUT2D eigenvalue weighted by atomic mass is 32.1. The largest absolute Gasteiger partial charge is 0.358 e. The molecule has 0 saturated heterocycles. The van der Waals surface area contributed by atoms with E-state index in [1.165, 1.54) is 19.3 Å². The summed E-state index contributed by atoms with van der Waals surface area (Å²) >= 11 is 5.26. The van der Waals surface area contributed by atoms with Gasteiger partial charge in [-0.25, -0.2) is 4.68 Å². The molecule has 2 aliphatic carbocycles. The molecule has 26 heavy (non-hydrogen) atoms. The van der Waals surface area contributed by atoms with Crippen LogP contribution in [0.5, 0.6) is 0 Å². The van der Waals surface area contributed by atoms with Crippen molar-refractivity contribution in [1.82, 2.24) is 25.9 Å². The Balaban J connectivity index is 1.31. The van der Waals surface area contributed by atoms with Gasteiger partial charge in [0.2, 0.25) is 0 Å². The number of aromatic nitrogens is 2. The Bertz CT molecular complexity index is 912. The first-order valence-corrected chi connectivity index (χ1v) is 9.31. The van der Waals surface area contributed by atoms with E-state index in [1.54, 1.807) is 18.3 Å². The molecule has 2 aliphatic rings. The average molecular weight is 371 g/mol. The van der Waals surface area contributed by atoms with Gasteiger partial charge in [0, 0.05) is 11.4 Å². The Labute approximate surface area is 156 Å². The minimum absolute atomic E-state index is 0.173. The van der Waals surface area contributed by atoms with E-state index in [0.717, 1.165) is 22.4 Å². The lowest BCUT2D eigenvalue weighted by Crippen LogP contribution is -2.51. The van der Waals surface area contributed by atoms with Crippen LogP contribution in [0.25, 0.3) is 10.8 Å². The monoisotopic (exact) mass is 371 g/mol. The van der Waals surface area contributed by atoms with Gasteiger partial charge in [-0.2, -0.15) is 5.10 Å². The van der Waals surface area contributed by atoms with Gasteiger partial charge < -0.3 is 5.32 Å². The molecule has 0 unspecified atom stereocenters. The molecule has 1 amide bonds. The fourth-order valence-corrected chi connectivity index (χ4v) is 4.37. The number of nitrogens with zero attached hydrogens (tertiary/aromatic N) is 2. The Kier molecular flexibility index (Phi) is 4.58. The number of amides is 1. The molecule has 136 valence electrons. The van der Waals surface area contributed by atoms with Crippen molar-refractivity contribution < 1.29 is 4.79 Å². The second kappa shape index (κ2) is 7.03. The molecular weight excluding hydrogens is 350 g/mol. The van der Waals surface area contributed by atoms with Gasteiger partial charge in [-0.3, -0.25) is 20.4 Å². The lowest BCUT2D eigenvalue weighted by Gasteiger charge is -2.24. The molecule has 0 radical (unpaired) electrons. The van der Waals surface area contributed by atoms with E-state index < -0.39 is 0 Å². The smallest absolute Gasteiger partial charge is 0.275 e. The summed E-state index contributed by atoms with van der Waals surface area (Å²) in [7, 11) is 0. The Morgan fingerprint density at radius 3 is 2.85 bits per heavy atom. The molecule has 3 atom stereocenters. The lowest BCUT2D eigenvalue weighted by atomic mass is 9.96. The molecule has 2 fully saturated rings. The predicted octanol–water partition coefficient (Wildman–Crippen LogP) is 1.08. The van der Waals surface area contributed by atoms with Gasteiger partial charge in [-0.1, -0.05) is 24.6 Å². The van der Waals surface area contributed by atoms with Gasteiger partial charge >= 0.3 is 0 Å². The number of hydrogen-bond acceptors (Lipinski definition) is 4. The van der Waals surface area contributed by atoms with E-state index >= 15 is 0 Å². The second-order valence-corrected chi connectivity index (χ2v) is 7.53. The maximum atomic E-state index is 12.4. The third kappa shape index (κ3) is 3.41. The summed E-state index contributed by atoms with van der Waals surface area (Å²) < 4.78 is 1.14. The number of carbonyl (C=O) groups excluding carboxylic acids is 1. The number of fused-ring (bicyclic) bond motifs is 3. The molecule has 2 bridgehead atoms. The van der Waals surface area contributed by atoms with Crippen LogP contribution in [0.3, 0.4) is 0 Å². The van der Waals surface area contributed by atoms with Gasteiger partial charge in [0.1, 0.15) is 6.54 Å². The van der Waals surface area contributed by atoms with Crippen molar-refractivity contribution in [2.75, 3.05) is 0 Å². The molecule has 1 aromatic heterocycles. The van der Waals surface area contributed by atoms with Crippen LogP contribution in [0, 0.1) is 11.8 Å². The van der Waals surface area contributed by atoms with Crippen molar-refractivity contribution in [2.45, 2.75) is 38.3 Å². The van der Waals surface area contributed by atoms with Gasteiger partial charge in [-0.05, 0) is 49.4 Å². The van der Waals surface area contributed by atoms with E-state index in [-0.39, 0.29) is 18.0 Å². The SMILES string of the molecule is O=C(Cn1ncc2ccccc2c1=O)NNC(=S)N[C@H]1C[C@H]2CC[C@@H]1C2. The number of carbonyl (C=O) groups is 1. The number of rotatable bonds is 3. The van der Waals surface area contributed by atoms with Crippen LogP contribution in [-0.4, -0.2) is 26.8 Å². The zero-order valence-electron chi connectivity index (χ0n) is 14.3. The minimum atomic E-state index is -0.382. The van der Waals surface area contributed by atoms with E-state index in [0.29, 0.717) is 22.5 Å². The topological polar surface area (TPSA) is 88.0 Å². The van der Waals surface area contributed by atoms with Crippen LogP contribution in [0.2, 0.25) is 0 Å². The number of thiocarbonyl (C=S) groups is 1. The van der Waals surface area contributed by atoms with Crippen LogP contribution in [0.1, 0.15) is 25.7 Å². The highest BCUT2D eigenvalue weighted by molar-refractivity contribution is 7.80. The van der Waals surface area contributed by atoms with E-state index in [2.05, 4.69) is 21.3 Å².